The third-order valence-electron chi connectivity index (χ3n) is 4.39. The minimum Gasteiger partial charge on any atom is -0.489 e. The summed E-state index contributed by atoms with van der Waals surface area (Å²) in [6.45, 7) is 1.90. The van der Waals surface area contributed by atoms with Crippen molar-refractivity contribution in [2.24, 2.45) is 0 Å². The molecule has 2 aromatic carbocycles. The van der Waals surface area contributed by atoms with Crippen LogP contribution in [0.2, 0.25) is 0 Å². The predicted molar refractivity (Wildman–Crippen MR) is 105 cm³/mol. The Morgan fingerprint density at radius 3 is 2.54 bits per heavy atom. The van der Waals surface area contributed by atoms with Crippen molar-refractivity contribution < 1.29 is 17.6 Å². The maximum atomic E-state index is 11.9. The number of hydrogen-bond acceptors (Lipinski definition) is 6. The quantitative estimate of drug-likeness (QED) is 0.479. The standard InChI is InChI=1S/C21H17NO5S/c1-2-28(24,25)17-7-3-14(4-8-17)13-26-16-6-10-19-21(12-16)27-20-11-15(23)5-9-18(20)22-19/h3-12H,2,13H2,1H3. The topological polar surface area (TPSA) is 86.5 Å². The molecule has 142 valence electrons. The first-order valence-corrected chi connectivity index (χ1v) is 10.4. The smallest absolute Gasteiger partial charge is 0.182 e. The molecule has 0 unspecified atom stereocenters. The number of aromatic nitrogens is 1. The van der Waals surface area contributed by atoms with E-state index in [1.165, 1.54) is 12.1 Å². The lowest BCUT2D eigenvalue weighted by molar-refractivity contribution is 0.306. The molecule has 6 nitrogen and oxygen atoms in total. The Balaban J connectivity index is 1.56. The lowest BCUT2D eigenvalue weighted by Crippen LogP contribution is -2.04. The number of nitrogens with zero attached hydrogens (tertiary/aromatic N) is 1. The van der Waals surface area contributed by atoms with Crippen molar-refractivity contribution in [2.45, 2.75) is 18.4 Å². The van der Waals surface area contributed by atoms with Gasteiger partial charge in [-0.25, -0.2) is 13.4 Å². The van der Waals surface area contributed by atoms with E-state index < -0.39 is 9.84 Å². The normalized spacial score (nSPS) is 11.8. The minimum atomic E-state index is -3.21. The third-order valence-corrected chi connectivity index (χ3v) is 6.14. The summed E-state index contributed by atoms with van der Waals surface area (Å²) in [4.78, 5) is 16.3. The van der Waals surface area contributed by atoms with Gasteiger partial charge in [0.25, 0.3) is 0 Å². The maximum Gasteiger partial charge on any atom is 0.182 e. The molecule has 2 aliphatic rings. The van der Waals surface area contributed by atoms with E-state index in [4.69, 9.17) is 9.15 Å². The lowest BCUT2D eigenvalue weighted by Gasteiger charge is -2.09. The number of fused-ring (bicyclic) bond motifs is 2. The van der Waals surface area contributed by atoms with Crippen LogP contribution in [0, 0.1) is 0 Å². The first kappa shape index (κ1) is 18.2. The average molecular weight is 395 g/mol. The Kier molecular flexibility index (Phi) is 4.60. The maximum absolute atomic E-state index is 11.9. The molecule has 0 bridgehead atoms. The predicted octanol–water partition coefficient (Wildman–Crippen LogP) is 3.67. The van der Waals surface area contributed by atoms with Gasteiger partial charge < -0.3 is 9.15 Å². The van der Waals surface area contributed by atoms with E-state index >= 15 is 0 Å². The van der Waals surface area contributed by atoms with Crippen LogP contribution in [-0.4, -0.2) is 19.2 Å². The highest BCUT2D eigenvalue weighted by atomic mass is 32.2. The molecule has 7 heteroatoms. The molecule has 0 saturated carbocycles. The molecule has 0 N–H and O–H groups in total. The molecule has 0 amide bonds. The van der Waals surface area contributed by atoms with Crippen LogP contribution in [0.25, 0.3) is 22.6 Å². The Hall–Kier alpha value is -3.19. The molecule has 1 aliphatic carbocycles. The number of sulfone groups is 1. The van der Waals surface area contributed by atoms with Gasteiger partial charge in [-0.15, -0.1) is 0 Å². The summed E-state index contributed by atoms with van der Waals surface area (Å²) in [7, 11) is -3.21. The molecular formula is C21H17NO5S. The molecule has 1 aliphatic heterocycles. The van der Waals surface area contributed by atoms with Crippen molar-refractivity contribution in [3.63, 3.8) is 0 Å². The lowest BCUT2D eigenvalue weighted by atomic mass is 10.2. The van der Waals surface area contributed by atoms with Crippen LogP contribution in [0.4, 0.5) is 0 Å². The van der Waals surface area contributed by atoms with Crippen molar-refractivity contribution in [3.8, 4) is 17.2 Å². The van der Waals surface area contributed by atoms with Crippen LogP contribution in [0.15, 0.2) is 74.8 Å². The zero-order valence-corrected chi connectivity index (χ0v) is 15.9. The molecule has 0 spiro atoms. The average Bonchev–Trinajstić information content (AvgIpc) is 2.71. The van der Waals surface area contributed by atoms with E-state index in [1.807, 2.05) is 0 Å². The van der Waals surface area contributed by atoms with Crippen molar-refractivity contribution in [3.05, 3.63) is 76.5 Å². The first-order chi connectivity index (χ1) is 13.4. The second kappa shape index (κ2) is 7.09. The van der Waals surface area contributed by atoms with Crippen LogP contribution in [0.5, 0.6) is 5.75 Å². The summed E-state index contributed by atoms with van der Waals surface area (Å²) in [6, 6.07) is 16.4. The van der Waals surface area contributed by atoms with Crippen LogP contribution in [-0.2, 0) is 16.4 Å². The van der Waals surface area contributed by atoms with E-state index in [2.05, 4.69) is 4.98 Å². The highest BCUT2D eigenvalue weighted by Crippen LogP contribution is 2.26. The number of hydrogen-bond donors (Lipinski definition) is 0. The van der Waals surface area contributed by atoms with Gasteiger partial charge in [-0.3, -0.25) is 4.79 Å². The van der Waals surface area contributed by atoms with Gasteiger partial charge in [-0.1, -0.05) is 19.1 Å². The van der Waals surface area contributed by atoms with Crippen LogP contribution in [0.3, 0.4) is 0 Å². The Morgan fingerprint density at radius 2 is 1.79 bits per heavy atom. The van der Waals surface area contributed by atoms with Crippen LogP contribution >= 0.6 is 0 Å². The highest BCUT2D eigenvalue weighted by molar-refractivity contribution is 7.91. The molecule has 0 atom stereocenters. The van der Waals surface area contributed by atoms with Gasteiger partial charge in [0, 0.05) is 12.1 Å². The molecule has 2 aromatic rings. The van der Waals surface area contributed by atoms with Gasteiger partial charge >= 0.3 is 0 Å². The molecule has 0 saturated heterocycles. The molecule has 4 rings (SSSR count). The highest BCUT2D eigenvalue weighted by Gasteiger charge is 2.12. The van der Waals surface area contributed by atoms with Crippen LogP contribution in [0.1, 0.15) is 12.5 Å². The molecule has 0 radical (unpaired) electrons. The minimum absolute atomic E-state index is 0.0694. The van der Waals surface area contributed by atoms with Crippen molar-refractivity contribution in [2.75, 3.05) is 5.75 Å². The summed E-state index contributed by atoms with van der Waals surface area (Å²) < 4.78 is 35.3. The molecule has 0 fully saturated rings. The van der Waals surface area contributed by atoms with Gasteiger partial charge in [0.05, 0.1) is 10.6 Å². The fourth-order valence-corrected chi connectivity index (χ4v) is 3.69. The van der Waals surface area contributed by atoms with E-state index in [0.717, 1.165) is 5.56 Å². The fourth-order valence-electron chi connectivity index (χ4n) is 2.80. The van der Waals surface area contributed by atoms with Crippen molar-refractivity contribution in [1.82, 2.24) is 4.98 Å². The fraction of sp³-hybridized carbons (Fsp3) is 0.143. The van der Waals surface area contributed by atoms with Crippen molar-refractivity contribution >= 4 is 20.9 Å². The summed E-state index contributed by atoms with van der Waals surface area (Å²) in [6.07, 6.45) is 0. The van der Waals surface area contributed by atoms with E-state index in [9.17, 15) is 13.2 Å². The zero-order valence-electron chi connectivity index (χ0n) is 15.1. The first-order valence-electron chi connectivity index (χ1n) is 8.74. The zero-order chi connectivity index (χ0) is 19.7. The van der Waals surface area contributed by atoms with Gasteiger partial charge in [-0.2, -0.15) is 0 Å². The van der Waals surface area contributed by atoms with Crippen molar-refractivity contribution in [1.29, 1.82) is 0 Å². The molecule has 0 aromatic heterocycles. The van der Waals surface area contributed by atoms with Gasteiger partial charge in [0.15, 0.2) is 26.6 Å². The summed E-state index contributed by atoms with van der Waals surface area (Å²) in [5.41, 5.74) is 2.49. The van der Waals surface area contributed by atoms with E-state index in [1.54, 1.807) is 55.5 Å². The molecule has 28 heavy (non-hydrogen) atoms. The summed E-state index contributed by atoms with van der Waals surface area (Å²) >= 11 is 0. The summed E-state index contributed by atoms with van der Waals surface area (Å²) in [5, 5.41) is 0. The van der Waals surface area contributed by atoms with E-state index in [-0.39, 0.29) is 17.8 Å². The van der Waals surface area contributed by atoms with Gasteiger partial charge in [-0.05, 0) is 42.0 Å². The van der Waals surface area contributed by atoms with Gasteiger partial charge in [0.1, 0.15) is 23.6 Å². The van der Waals surface area contributed by atoms with Gasteiger partial charge in [0.2, 0.25) is 0 Å². The third kappa shape index (κ3) is 3.61. The second-order valence-corrected chi connectivity index (χ2v) is 8.59. The number of rotatable bonds is 5. The Labute approximate surface area is 161 Å². The molecule has 1 heterocycles. The Bertz CT molecular complexity index is 1280. The molecular weight excluding hydrogens is 378 g/mol. The largest absolute Gasteiger partial charge is 0.489 e. The van der Waals surface area contributed by atoms with E-state index in [0.29, 0.717) is 33.2 Å². The number of benzene rings is 3. The Morgan fingerprint density at radius 1 is 1.00 bits per heavy atom. The SMILES string of the molecule is CCS(=O)(=O)c1ccc(COc2ccc3nc4ccc(=O)cc-4oc3c2)cc1. The second-order valence-electron chi connectivity index (χ2n) is 6.31. The van der Waals surface area contributed by atoms with Crippen LogP contribution < -0.4 is 10.2 Å². The summed E-state index contributed by atoms with van der Waals surface area (Å²) in [5.74, 6) is 1.07. The number of ether oxygens (including phenoxy) is 1. The monoisotopic (exact) mass is 395 g/mol.